The molecule has 0 saturated heterocycles. The molecule has 1 aromatic carbocycles. The van der Waals surface area contributed by atoms with E-state index >= 15 is 0 Å². The summed E-state index contributed by atoms with van der Waals surface area (Å²) in [6, 6.07) is 9.03. The predicted octanol–water partition coefficient (Wildman–Crippen LogP) is 2.63. The number of nitrogens with zero attached hydrogens (tertiary/aromatic N) is 1. The third-order valence-electron chi connectivity index (χ3n) is 2.60. The summed E-state index contributed by atoms with van der Waals surface area (Å²) >= 11 is 0. The number of anilines is 1. The highest BCUT2D eigenvalue weighted by Gasteiger charge is 2.07. The number of carbonyl (C=O) groups is 1. The number of nitrogens with one attached hydrogen (secondary N) is 1. The number of benzene rings is 1. The number of rotatable bonds is 5. The summed E-state index contributed by atoms with van der Waals surface area (Å²) < 4.78 is 11.0. The summed E-state index contributed by atoms with van der Waals surface area (Å²) in [5.41, 5.74) is 1.62. The van der Waals surface area contributed by atoms with E-state index in [9.17, 15) is 4.79 Å². The topological polar surface area (TPSA) is 60.5 Å². The van der Waals surface area contributed by atoms with Gasteiger partial charge in [-0.05, 0) is 18.2 Å². The zero-order chi connectivity index (χ0) is 14.4. The Morgan fingerprint density at radius 1 is 1.30 bits per heavy atom. The van der Waals surface area contributed by atoms with Crippen LogP contribution in [0.5, 0.6) is 11.5 Å². The van der Waals surface area contributed by atoms with Gasteiger partial charge in [-0.25, -0.2) is 0 Å². The number of methoxy groups -OCH3 is 1. The van der Waals surface area contributed by atoms with Crippen molar-refractivity contribution in [2.75, 3.05) is 12.4 Å². The molecular formula is C15H16N2O3. The molecule has 0 atom stereocenters. The molecule has 1 aromatic heterocycles. The van der Waals surface area contributed by atoms with Crippen molar-refractivity contribution in [3.05, 3.63) is 48.3 Å². The van der Waals surface area contributed by atoms with Gasteiger partial charge in [-0.1, -0.05) is 6.07 Å². The van der Waals surface area contributed by atoms with Crippen molar-refractivity contribution in [3.63, 3.8) is 0 Å². The van der Waals surface area contributed by atoms with Crippen molar-refractivity contribution < 1.29 is 14.3 Å². The molecule has 0 fully saturated rings. The number of amides is 1. The lowest BCUT2D eigenvalue weighted by Crippen LogP contribution is -2.06. The molecule has 0 spiro atoms. The SMILES string of the molecule is COc1ccc(NC(C)=O)cc1OCc1cccnc1. The molecule has 1 heterocycles. The number of carbonyl (C=O) groups excluding carboxylic acids is 1. The Morgan fingerprint density at radius 2 is 2.15 bits per heavy atom. The fraction of sp³-hybridized carbons (Fsp3) is 0.200. The Hall–Kier alpha value is -2.56. The first-order valence-electron chi connectivity index (χ1n) is 6.16. The molecule has 0 radical (unpaired) electrons. The molecule has 1 amide bonds. The highest BCUT2D eigenvalue weighted by atomic mass is 16.5. The third kappa shape index (κ3) is 3.71. The zero-order valence-electron chi connectivity index (χ0n) is 11.4. The molecule has 0 aliphatic heterocycles. The quantitative estimate of drug-likeness (QED) is 0.909. The van der Waals surface area contributed by atoms with Crippen molar-refractivity contribution in [2.45, 2.75) is 13.5 Å². The van der Waals surface area contributed by atoms with E-state index in [0.717, 1.165) is 5.56 Å². The average Bonchev–Trinajstić information content (AvgIpc) is 2.46. The van der Waals surface area contributed by atoms with E-state index < -0.39 is 0 Å². The Labute approximate surface area is 117 Å². The normalized spacial score (nSPS) is 9.90. The van der Waals surface area contributed by atoms with Gasteiger partial charge in [-0.3, -0.25) is 9.78 Å². The Balaban J connectivity index is 2.13. The first-order valence-corrected chi connectivity index (χ1v) is 6.16. The largest absolute Gasteiger partial charge is 0.493 e. The van der Waals surface area contributed by atoms with Crippen molar-refractivity contribution in [1.82, 2.24) is 4.98 Å². The molecule has 0 aliphatic carbocycles. The Bertz CT molecular complexity index is 585. The second-order valence-electron chi connectivity index (χ2n) is 4.20. The van der Waals surface area contributed by atoms with Gasteiger partial charge in [0.05, 0.1) is 7.11 Å². The summed E-state index contributed by atoms with van der Waals surface area (Å²) in [4.78, 5) is 15.1. The van der Waals surface area contributed by atoms with Gasteiger partial charge in [0.25, 0.3) is 0 Å². The fourth-order valence-electron chi connectivity index (χ4n) is 1.72. The molecule has 20 heavy (non-hydrogen) atoms. The molecule has 5 nitrogen and oxygen atoms in total. The van der Waals surface area contributed by atoms with Crippen LogP contribution in [0.4, 0.5) is 5.69 Å². The summed E-state index contributed by atoms with van der Waals surface area (Å²) in [6.45, 7) is 1.84. The predicted molar refractivity (Wildman–Crippen MR) is 75.9 cm³/mol. The van der Waals surface area contributed by atoms with Crippen LogP contribution in [-0.2, 0) is 11.4 Å². The average molecular weight is 272 g/mol. The van der Waals surface area contributed by atoms with Crippen LogP contribution in [0.1, 0.15) is 12.5 Å². The van der Waals surface area contributed by atoms with Gasteiger partial charge in [0.2, 0.25) is 5.91 Å². The highest BCUT2D eigenvalue weighted by molar-refractivity contribution is 5.89. The van der Waals surface area contributed by atoms with E-state index in [1.54, 1.807) is 37.7 Å². The molecule has 0 unspecified atom stereocenters. The van der Waals surface area contributed by atoms with Crippen LogP contribution < -0.4 is 14.8 Å². The van der Waals surface area contributed by atoms with E-state index in [-0.39, 0.29) is 5.91 Å². The maximum Gasteiger partial charge on any atom is 0.221 e. The summed E-state index contributed by atoms with van der Waals surface area (Å²) in [5, 5.41) is 2.71. The summed E-state index contributed by atoms with van der Waals surface area (Å²) in [7, 11) is 1.57. The first-order chi connectivity index (χ1) is 9.69. The second-order valence-corrected chi connectivity index (χ2v) is 4.20. The monoisotopic (exact) mass is 272 g/mol. The lowest BCUT2D eigenvalue weighted by Gasteiger charge is -2.12. The van der Waals surface area contributed by atoms with E-state index in [1.165, 1.54) is 6.92 Å². The van der Waals surface area contributed by atoms with E-state index in [0.29, 0.717) is 23.8 Å². The van der Waals surface area contributed by atoms with Crippen LogP contribution >= 0.6 is 0 Å². The molecule has 0 saturated carbocycles. The maximum atomic E-state index is 11.1. The second kappa shape index (κ2) is 6.56. The summed E-state index contributed by atoms with van der Waals surface area (Å²) in [6.07, 6.45) is 3.45. The standard InChI is InChI=1S/C15H16N2O3/c1-11(18)17-13-5-6-14(19-2)15(8-13)20-10-12-4-3-7-16-9-12/h3-9H,10H2,1-2H3,(H,17,18). The van der Waals surface area contributed by atoms with E-state index in [2.05, 4.69) is 10.3 Å². The fourth-order valence-corrected chi connectivity index (χ4v) is 1.72. The molecule has 1 N–H and O–H groups in total. The van der Waals surface area contributed by atoms with Gasteiger partial charge >= 0.3 is 0 Å². The van der Waals surface area contributed by atoms with E-state index in [1.807, 2.05) is 12.1 Å². The van der Waals surface area contributed by atoms with Crippen molar-refractivity contribution >= 4 is 11.6 Å². The molecule has 2 rings (SSSR count). The lowest BCUT2D eigenvalue weighted by molar-refractivity contribution is -0.114. The maximum absolute atomic E-state index is 11.1. The molecule has 104 valence electrons. The van der Waals surface area contributed by atoms with Crippen molar-refractivity contribution in [1.29, 1.82) is 0 Å². The summed E-state index contributed by atoms with van der Waals surface area (Å²) in [5.74, 6) is 1.05. The van der Waals surface area contributed by atoms with Crippen LogP contribution in [0.2, 0.25) is 0 Å². The Morgan fingerprint density at radius 3 is 2.80 bits per heavy atom. The highest BCUT2D eigenvalue weighted by Crippen LogP contribution is 2.30. The van der Waals surface area contributed by atoms with Crippen LogP contribution in [0.15, 0.2) is 42.7 Å². The molecule has 0 bridgehead atoms. The van der Waals surface area contributed by atoms with E-state index in [4.69, 9.17) is 9.47 Å². The minimum Gasteiger partial charge on any atom is -0.493 e. The van der Waals surface area contributed by atoms with Gasteiger partial charge < -0.3 is 14.8 Å². The van der Waals surface area contributed by atoms with Crippen molar-refractivity contribution in [2.24, 2.45) is 0 Å². The van der Waals surface area contributed by atoms with Crippen LogP contribution in [0.3, 0.4) is 0 Å². The van der Waals surface area contributed by atoms with Gasteiger partial charge in [0.1, 0.15) is 6.61 Å². The first kappa shape index (κ1) is 13.9. The van der Waals surface area contributed by atoms with Gasteiger partial charge in [-0.15, -0.1) is 0 Å². The number of ether oxygens (including phenoxy) is 2. The number of aromatic nitrogens is 1. The lowest BCUT2D eigenvalue weighted by atomic mass is 10.2. The van der Waals surface area contributed by atoms with Crippen LogP contribution in [0, 0.1) is 0 Å². The zero-order valence-corrected chi connectivity index (χ0v) is 11.4. The minimum absolute atomic E-state index is 0.131. The number of hydrogen-bond donors (Lipinski definition) is 1. The Kier molecular flexibility index (Phi) is 4.55. The molecule has 0 aliphatic rings. The molecule has 5 heteroatoms. The smallest absolute Gasteiger partial charge is 0.221 e. The number of pyridine rings is 1. The minimum atomic E-state index is -0.131. The van der Waals surface area contributed by atoms with Gasteiger partial charge in [0.15, 0.2) is 11.5 Å². The van der Waals surface area contributed by atoms with Crippen LogP contribution in [-0.4, -0.2) is 18.0 Å². The van der Waals surface area contributed by atoms with Crippen LogP contribution in [0.25, 0.3) is 0 Å². The molecule has 2 aromatic rings. The number of hydrogen-bond acceptors (Lipinski definition) is 4. The van der Waals surface area contributed by atoms with Crippen molar-refractivity contribution in [3.8, 4) is 11.5 Å². The van der Waals surface area contributed by atoms with Gasteiger partial charge in [0, 0.05) is 36.6 Å². The molecular weight excluding hydrogens is 256 g/mol. The van der Waals surface area contributed by atoms with Gasteiger partial charge in [-0.2, -0.15) is 0 Å². The third-order valence-corrected chi connectivity index (χ3v) is 2.60.